The van der Waals surface area contributed by atoms with Gasteiger partial charge in [-0.05, 0) is 62.1 Å². The van der Waals surface area contributed by atoms with Crippen molar-refractivity contribution in [3.8, 4) is 34.4 Å². The van der Waals surface area contributed by atoms with Crippen LogP contribution >= 0.6 is 0 Å². The lowest BCUT2D eigenvalue weighted by Gasteiger charge is -2.40. The van der Waals surface area contributed by atoms with Crippen LogP contribution in [0.2, 0.25) is 0 Å². The molecule has 1 aliphatic heterocycles. The summed E-state index contributed by atoms with van der Waals surface area (Å²) in [6.45, 7) is -2.96. The second-order valence-electron chi connectivity index (χ2n) is 10.2. The number of aromatic nitrogens is 6. The van der Waals surface area contributed by atoms with E-state index in [-0.39, 0.29) is 36.0 Å². The van der Waals surface area contributed by atoms with Crippen LogP contribution in [0.25, 0.3) is 33.9 Å². The van der Waals surface area contributed by atoms with E-state index < -0.39 is 12.4 Å². The van der Waals surface area contributed by atoms with Crippen LogP contribution in [-0.4, -0.2) is 59.9 Å². The molecule has 2 aliphatic rings. The highest BCUT2D eigenvalue weighted by molar-refractivity contribution is 5.98. The molecule has 0 saturated heterocycles. The molecule has 214 valence electrons. The van der Waals surface area contributed by atoms with Crippen LogP contribution in [0, 0.1) is 5.82 Å². The third-order valence-electron chi connectivity index (χ3n) is 7.79. The average molecular weight is 576 g/mol. The SMILES string of the molecule is O=C1c2cc(F)ccc2OCN1C1CCCC(n2c(-c3ccccc3OC(F)F)nc3cnc(-c4ncn[nH]4)cc32)C1. The lowest BCUT2D eigenvalue weighted by Crippen LogP contribution is -2.47. The molecular weight excluding hydrogens is 551 g/mol. The standard InChI is InChI=1S/C29H24F3N7O3/c30-16-8-9-24-20(10-16)28(40)38(15-41-24)17-4-3-5-18(11-17)39-23-12-21(26-34-14-35-37-26)33-13-22(23)36-27(39)19-6-1-2-7-25(19)42-29(31)32/h1-2,6-10,12-14,17-18,29H,3-5,11,15H2,(H,34,35,37). The number of nitrogens with one attached hydrogen (secondary N) is 1. The molecular formula is C29H24F3N7O3. The molecule has 13 heteroatoms. The Kier molecular flexibility index (Phi) is 6.48. The first-order chi connectivity index (χ1) is 20.5. The van der Waals surface area contributed by atoms with Crippen molar-refractivity contribution in [1.82, 2.24) is 34.6 Å². The van der Waals surface area contributed by atoms with Crippen molar-refractivity contribution < 1.29 is 27.4 Å². The van der Waals surface area contributed by atoms with Crippen molar-refractivity contribution in [2.45, 2.75) is 44.4 Å². The first-order valence-electron chi connectivity index (χ1n) is 13.5. The maximum Gasteiger partial charge on any atom is 0.387 e. The fourth-order valence-corrected chi connectivity index (χ4v) is 5.94. The Morgan fingerprint density at radius 1 is 1.05 bits per heavy atom. The monoisotopic (exact) mass is 575 g/mol. The molecule has 42 heavy (non-hydrogen) atoms. The molecule has 0 radical (unpaired) electrons. The Hall–Kier alpha value is -4.94. The number of amides is 1. The highest BCUT2D eigenvalue weighted by Gasteiger charge is 2.36. The lowest BCUT2D eigenvalue weighted by molar-refractivity contribution is -0.0494. The molecule has 7 rings (SSSR count). The Labute approximate surface area is 237 Å². The van der Waals surface area contributed by atoms with Crippen LogP contribution in [0.15, 0.2) is 61.1 Å². The Morgan fingerprint density at radius 3 is 2.74 bits per heavy atom. The molecule has 2 aromatic carbocycles. The van der Waals surface area contributed by atoms with Crippen LogP contribution in [0.4, 0.5) is 13.2 Å². The summed E-state index contributed by atoms with van der Waals surface area (Å²) >= 11 is 0. The van der Waals surface area contributed by atoms with Gasteiger partial charge in [-0.2, -0.15) is 13.9 Å². The molecule has 10 nitrogen and oxygen atoms in total. The van der Waals surface area contributed by atoms with E-state index in [4.69, 9.17) is 14.5 Å². The Morgan fingerprint density at radius 2 is 1.90 bits per heavy atom. The number of benzene rings is 2. The number of para-hydroxylation sites is 1. The molecule has 1 saturated carbocycles. The summed E-state index contributed by atoms with van der Waals surface area (Å²) < 4.78 is 53.4. The van der Waals surface area contributed by atoms with E-state index in [1.807, 2.05) is 10.6 Å². The molecule has 0 spiro atoms. The molecule has 5 aromatic rings. The molecule has 0 bridgehead atoms. The summed E-state index contributed by atoms with van der Waals surface area (Å²) in [7, 11) is 0. The molecule has 1 fully saturated rings. The van der Waals surface area contributed by atoms with Gasteiger partial charge in [0.15, 0.2) is 12.6 Å². The number of carbonyl (C=O) groups excluding carboxylic acids is 1. The van der Waals surface area contributed by atoms with Gasteiger partial charge in [0.2, 0.25) is 0 Å². The molecule has 4 heterocycles. The first-order valence-corrected chi connectivity index (χ1v) is 13.5. The van der Waals surface area contributed by atoms with Crippen LogP contribution in [-0.2, 0) is 0 Å². The minimum absolute atomic E-state index is 0.00178. The molecule has 1 aliphatic carbocycles. The summed E-state index contributed by atoms with van der Waals surface area (Å²) in [6.07, 6.45) is 5.79. The van der Waals surface area contributed by atoms with Gasteiger partial charge in [-0.15, -0.1) is 0 Å². The van der Waals surface area contributed by atoms with E-state index >= 15 is 0 Å². The summed E-state index contributed by atoms with van der Waals surface area (Å²) in [4.78, 5) is 28.6. The van der Waals surface area contributed by atoms with Gasteiger partial charge in [0.25, 0.3) is 5.91 Å². The number of imidazole rings is 1. The number of fused-ring (bicyclic) bond motifs is 2. The Balaban J connectivity index is 1.31. The number of ether oxygens (including phenoxy) is 2. The van der Waals surface area contributed by atoms with Gasteiger partial charge in [0, 0.05) is 12.1 Å². The Bertz CT molecular complexity index is 1780. The largest absolute Gasteiger partial charge is 0.472 e. The minimum Gasteiger partial charge on any atom is -0.472 e. The van der Waals surface area contributed by atoms with E-state index in [1.165, 1.54) is 30.6 Å². The zero-order chi connectivity index (χ0) is 28.8. The van der Waals surface area contributed by atoms with Gasteiger partial charge >= 0.3 is 6.61 Å². The quantitative estimate of drug-likeness (QED) is 0.281. The predicted octanol–water partition coefficient (Wildman–Crippen LogP) is 5.60. The van der Waals surface area contributed by atoms with Gasteiger partial charge in [0.1, 0.15) is 40.7 Å². The molecule has 1 N–H and O–H groups in total. The van der Waals surface area contributed by atoms with Crippen molar-refractivity contribution in [3.05, 3.63) is 72.4 Å². The van der Waals surface area contributed by atoms with Crippen molar-refractivity contribution in [2.24, 2.45) is 0 Å². The predicted molar refractivity (Wildman–Crippen MR) is 144 cm³/mol. The van der Waals surface area contributed by atoms with Crippen molar-refractivity contribution in [3.63, 3.8) is 0 Å². The number of aromatic amines is 1. The van der Waals surface area contributed by atoms with Gasteiger partial charge in [-0.25, -0.2) is 14.4 Å². The normalized spacial score (nSPS) is 18.8. The molecule has 1 amide bonds. The molecule has 2 atom stereocenters. The fourth-order valence-electron chi connectivity index (χ4n) is 5.94. The minimum atomic E-state index is -3.01. The third-order valence-corrected chi connectivity index (χ3v) is 7.79. The second kappa shape index (κ2) is 10.5. The number of halogens is 3. The van der Waals surface area contributed by atoms with Crippen LogP contribution in [0.3, 0.4) is 0 Å². The van der Waals surface area contributed by atoms with Crippen LogP contribution in [0.5, 0.6) is 11.5 Å². The maximum absolute atomic E-state index is 14.0. The lowest BCUT2D eigenvalue weighted by atomic mass is 9.89. The summed E-state index contributed by atoms with van der Waals surface area (Å²) in [5, 5.41) is 6.73. The zero-order valence-corrected chi connectivity index (χ0v) is 22.1. The second-order valence-corrected chi connectivity index (χ2v) is 10.2. The third kappa shape index (κ3) is 4.60. The number of hydrogen-bond acceptors (Lipinski definition) is 7. The van der Waals surface area contributed by atoms with E-state index in [1.54, 1.807) is 29.3 Å². The van der Waals surface area contributed by atoms with Gasteiger partial charge in [-0.3, -0.25) is 14.9 Å². The zero-order valence-electron chi connectivity index (χ0n) is 22.1. The summed E-state index contributed by atoms with van der Waals surface area (Å²) in [5.41, 5.74) is 2.41. The van der Waals surface area contributed by atoms with Crippen molar-refractivity contribution in [1.29, 1.82) is 0 Å². The van der Waals surface area contributed by atoms with Crippen molar-refractivity contribution in [2.75, 3.05) is 6.73 Å². The van der Waals surface area contributed by atoms with Gasteiger partial charge < -0.3 is 18.9 Å². The van der Waals surface area contributed by atoms with Crippen LogP contribution in [0.1, 0.15) is 42.1 Å². The molecule has 3 aromatic heterocycles. The number of nitrogens with zero attached hydrogens (tertiary/aromatic N) is 6. The first kappa shape index (κ1) is 26.0. The van der Waals surface area contributed by atoms with E-state index in [0.717, 1.165) is 24.8 Å². The average Bonchev–Trinajstić information content (AvgIpc) is 3.66. The number of pyridine rings is 1. The number of hydrogen-bond donors (Lipinski definition) is 1. The summed E-state index contributed by atoms with van der Waals surface area (Å²) in [6, 6.07) is 11.9. The van der Waals surface area contributed by atoms with E-state index in [2.05, 4.69) is 20.2 Å². The highest BCUT2D eigenvalue weighted by Crippen LogP contribution is 2.41. The highest BCUT2D eigenvalue weighted by atomic mass is 19.3. The topological polar surface area (TPSA) is 111 Å². The fraction of sp³-hybridized carbons (Fsp3) is 0.276. The number of H-pyrrole nitrogens is 1. The van der Waals surface area contributed by atoms with Gasteiger partial charge in [-0.1, -0.05) is 12.1 Å². The van der Waals surface area contributed by atoms with Gasteiger partial charge in [0.05, 0.1) is 22.8 Å². The number of rotatable bonds is 6. The number of carbonyl (C=O) groups is 1. The maximum atomic E-state index is 14.0. The van der Waals surface area contributed by atoms with E-state index in [9.17, 15) is 18.0 Å². The van der Waals surface area contributed by atoms with E-state index in [0.29, 0.717) is 40.6 Å². The molecule has 2 unspecified atom stereocenters. The van der Waals surface area contributed by atoms with Crippen LogP contribution < -0.4 is 9.47 Å². The van der Waals surface area contributed by atoms with Crippen molar-refractivity contribution >= 4 is 16.9 Å². The summed E-state index contributed by atoms with van der Waals surface area (Å²) in [5.74, 6) is 0.469. The number of alkyl halides is 2. The smallest absolute Gasteiger partial charge is 0.387 e.